The predicted molar refractivity (Wildman–Crippen MR) is 69.9 cm³/mol. The number of halogens is 1. The zero-order valence-electron chi connectivity index (χ0n) is 10.2. The first kappa shape index (κ1) is 15.6. The number of amides is 1. The Kier molecular flexibility index (Phi) is 4.67. The van der Waals surface area contributed by atoms with Gasteiger partial charge in [0.25, 0.3) is 10.1 Å². The second kappa shape index (κ2) is 5.68. The minimum absolute atomic E-state index is 0.178. The van der Waals surface area contributed by atoms with Crippen molar-refractivity contribution < 1.29 is 22.6 Å². The van der Waals surface area contributed by atoms with Crippen molar-refractivity contribution >= 4 is 39.1 Å². The maximum atomic E-state index is 11.4. The lowest BCUT2D eigenvalue weighted by Crippen LogP contribution is -2.15. The largest absolute Gasteiger partial charge is 0.325 e. The van der Waals surface area contributed by atoms with Gasteiger partial charge >= 0.3 is 0 Å². The van der Waals surface area contributed by atoms with Crippen LogP contribution in [0.5, 0.6) is 0 Å². The van der Waals surface area contributed by atoms with Crippen LogP contribution in [0.25, 0.3) is 0 Å². The molecule has 0 spiro atoms. The Morgan fingerprint density at radius 3 is 2.42 bits per heavy atom. The molecule has 0 aromatic heterocycles. The molecule has 0 heterocycles. The molecule has 1 aromatic rings. The standard InChI is InChI=1S/C11H12ClNO5S/c1-6(14)5-10(15)13-8-3-4-9(19(16,17)18)11(12)7(8)2/h3-4H,5H2,1-2H3,(H,13,15)(H,16,17,18). The van der Waals surface area contributed by atoms with Gasteiger partial charge in [0, 0.05) is 5.69 Å². The Balaban J connectivity index is 3.11. The third-order valence-electron chi connectivity index (χ3n) is 2.31. The van der Waals surface area contributed by atoms with Crippen LogP contribution in [0.2, 0.25) is 5.02 Å². The fourth-order valence-electron chi connectivity index (χ4n) is 1.42. The SMILES string of the molecule is CC(=O)CC(=O)Nc1ccc(S(=O)(=O)O)c(Cl)c1C. The maximum absolute atomic E-state index is 11.4. The second-order valence-corrected chi connectivity index (χ2v) is 5.72. The first-order chi connectivity index (χ1) is 8.62. The number of rotatable bonds is 4. The van der Waals surface area contributed by atoms with Crippen LogP contribution in [0.1, 0.15) is 18.9 Å². The first-order valence-corrected chi connectivity index (χ1v) is 7.00. The van der Waals surface area contributed by atoms with E-state index < -0.39 is 20.9 Å². The highest BCUT2D eigenvalue weighted by Gasteiger charge is 2.18. The smallest absolute Gasteiger partial charge is 0.296 e. The van der Waals surface area contributed by atoms with Gasteiger partial charge in [0.1, 0.15) is 10.7 Å². The highest BCUT2D eigenvalue weighted by Crippen LogP contribution is 2.30. The normalized spacial score (nSPS) is 11.2. The van der Waals surface area contributed by atoms with E-state index in [1.165, 1.54) is 19.9 Å². The maximum Gasteiger partial charge on any atom is 0.296 e. The molecule has 0 atom stereocenters. The van der Waals surface area contributed by atoms with E-state index in [4.69, 9.17) is 16.2 Å². The molecule has 0 saturated heterocycles. The summed E-state index contributed by atoms with van der Waals surface area (Å²) in [5.41, 5.74) is 0.567. The molecule has 0 aliphatic rings. The summed E-state index contributed by atoms with van der Waals surface area (Å²) in [6, 6.07) is 2.37. The fraction of sp³-hybridized carbons (Fsp3) is 0.273. The summed E-state index contributed by atoms with van der Waals surface area (Å²) in [4.78, 5) is 21.8. The number of ketones is 1. The number of anilines is 1. The van der Waals surface area contributed by atoms with Crippen molar-refractivity contribution in [3.63, 3.8) is 0 Å². The molecule has 19 heavy (non-hydrogen) atoms. The van der Waals surface area contributed by atoms with Crippen molar-refractivity contribution in [2.24, 2.45) is 0 Å². The number of carbonyl (C=O) groups is 2. The fourth-order valence-corrected chi connectivity index (χ4v) is 2.49. The molecule has 1 aromatic carbocycles. The zero-order chi connectivity index (χ0) is 14.8. The number of hydrogen-bond donors (Lipinski definition) is 2. The number of nitrogens with one attached hydrogen (secondary N) is 1. The Morgan fingerprint density at radius 2 is 1.95 bits per heavy atom. The lowest BCUT2D eigenvalue weighted by atomic mass is 10.2. The molecule has 6 nitrogen and oxygen atoms in total. The molecular weight excluding hydrogens is 294 g/mol. The van der Waals surface area contributed by atoms with E-state index in [-0.39, 0.29) is 28.5 Å². The summed E-state index contributed by atoms with van der Waals surface area (Å²) >= 11 is 5.81. The van der Waals surface area contributed by atoms with Gasteiger partial charge in [-0.05, 0) is 31.5 Å². The lowest BCUT2D eigenvalue weighted by Gasteiger charge is -2.11. The number of carbonyl (C=O) groups excluding carboxylic acids is 2. The molecule has 0 fully saturated rings. The molecule has 0 unspecified atom stereocenters. The molecule has 104 valence electrons. The molecule has 2 N–H and O–H groups in total. The summed E-state index contributed by atoms with van der Waals surface area (Å²) in [6.07, 6.45) is -0.281. The van der Waals surface area contributed by atoms with Crippen LogP contribution in [-0.2, 0) is 19.7 Å². The third kappa shape index (κ3) is 4.02. The van der Waals surface area contributed by atoms with Crippen molar-refractivity contribution in [1.82, 2.24) is 0 Å². The van der Waals surface area contributed by atoms with Gasteiger partial charge in [0.2, 0.25) is 5.91 Å². The van der Waals surface area contributed by atoms with E-state index in [1.807, 2.05) is 0 Å². The van der Waals surface area contributed by atoms with Crippen LogP contribution >= 0.6 is 11.6 Å². The van der Waals surface area contributed by atoms with Gasteiger partial charge in [-0.1, -0.05) is 11.6 Å². The highest BCUT2D eigenvalue weighted by atomic mass is 35.5. The predicted octanol–water partition coefficient (Wildman–Crippen LogP) is 1.81. The average molecular weight is 306 g/mol. The van der Waals surface area contributed by atoms with E-state index in [0.717, 1.165) is 6.07 Å². The zero-order valence-corrected chi connectivity index (χ0v) is 11.8. The Morgan fingerprint density at radius 1 is 1.37 bits per heavy atom. The minimum atomic E-state index is -4.42. The van der Waals surface area contributed by atoms with Crippen molar-refractivity contribution in [2.45, 2.75) is 25.2 Å². The van der Waals surface area contributed by atoms with Gasteiger partial charge in [0.05, 0.1) is 11.4 Å². The Labute approximate surface area is 115 Å². The van der Waals surface area contributed by atoms with E-state index in [9.17, 15) is 18.0 Å². The van der Waals surface area contributed by atoms with Crippen molar-refractivity contribution in [1.29, 1.82) is 0 Å². The summed E-state index contributed by atoms with van der Waals surface area (Å²) in [5.74, 6) is -0.818. The van der Waals surface area contributed by atoms with Crippen LogP contribution in [0.4, 0.5) is 5.69 Å². The van der Waals surface area contributed by atoms with Gasteiger partial charge in [-0.3, -0.25) is 14.1 Å². The van der Waals surface area contributed by atoms with Crippen LogP contribution in [0.3, 0.4) is 0 Å². The van der Waals surface area contributed by atoms with Crippen molar-refractivity contribution in [2.75, 3.05) is 5.32 Å². The van der Waals surface area contributed by atoms with Gasteiger partial charge < -0.3 is 5.32 Å². The van der Waals surface area contributed by atoms with E-state index in [2.05, 4.69) is 5.32 Å². The molecule has 0 aliphatic carbocycles. The van der Waals surface area contributed by atoms with E-state index >= 15 is 0 Å². The Hall–Kier alpha value is -1.44. The van der Waals surface area contributed by atoms with Crippen molar-refractivity contribution in [3.05, 3.63) is 22.7 Å². The average Bonchev–Trinajstić information content (AvgIpc) is 2.21. The van der Waals surface area contributed by atoms with Crippen LogP contribution < -0.4 is 5.32 Å². The van der Waals surface area contributed by atoms with Gasteiger partial charge in [0.15, 0.2) is 0 Å². The van der Waals surface area contributed by atoms with Gasteiger partial charge in [-0.15, -0.1) is 0 Å². The molecule has 1 rings (SSSR count). The minimum Gasteiger partial charge on any atom is -0.325 e. The van der Waals surface area contributed by atoms with Gasteiger partial charge in [-0.2, -0.15) is 8.42 Å². The molecule has 0 bridgehead atoms. The van der Waals surface area contributed by atoms with Crippen LogP contribution in [0.15, 0.2) is 17.0 Å². The van der Waals surface area contributed by atoms with E-state index in [1.54, 1.807) is 0 Å². The first-order valence-electron chi connectivity index (χ1n) is 5.19. The molecule has 1 amide bonds. The third-order valence-corrected chi connectivity index (χ3v) is 3.81. The lowest BCUT2D eigenvalue weighted by molar-refractivity contribution is -0.124. The number of benzene rings is 1. The van der Waals surface area contributed by atoms with Crippen molar-refractivity contribution in [3.8, 4) is 0 Å². The van der Waals surface area contributed by atoms with Gasteiger partial charge in [-0.25, -0.2) is 0 Å². The summed E-state index contributed by atoms with van der Waals surface area (Å²) in [6.45, 7) is 2.77. The highest BCUT2D eigenvalue weighted by molar-refractivity contribution is 7.86. The summed E-state index contributed by atoms with van der Waals surface area (Å²) < 4.78 is 31.0. The van der Waals surface area contributed by atoms with Crippen LogP contribution in [-0.4, -0.2) is 24.7 Å². The number of Topliss-reactive ketones (excluding diaryl/α,β-unsaturated/α-hetero) is 1. The number of hydrogen-bond acceptors (Lipinski definition) is 4. The molecule has 0 saturated carbocycles. The monoisotopic (exact) mass is 305 g/mol. The molecular formula is C11H12ClNO5S. The van der Waals surface area contributed by atoms with Crippen LogP contribution in [0, 0.1) is 6.92 Å². The Bertz CT molecular complexity index is 639. The molecule has 0 radical (unpaired) electrons. The summed E-state index contributed by atoms with van der Waals surface area (Å²) in [5, 5.41) is 2.26. The molecule has 0 aliphatic heterocycles. The van der Waals surface area contributed by atoms with E-state index in [0.29, 0.717) is 0 Å². The second-order valence-electron chi connectivity index (χ2n) is 3.95. The quantitative estimate of drug-likeness (QED) is 0.652. The summed E-state index contributed by atoms with van der Waals surface area (Å²) in [7, 11) is -4.42. The topological polar surface area (TPSA) is 101 Å². The molecule has 8 heteroatoms.